The van der Waals surface area contributed by atoms with Crippen LogP contribution in [0.15, 0.2) is 24.3 Å². The summed E-state index contributed by atoms with van der Waals surface area (Å²) >= 11 is 0. The first kappa shape index (κ1) is 12.5. The second-order valence-electron chi connectivity index (χ2n) is 6.63. The summed E-state index contributed by atoms with van der Waals surface area (Å²) < 4.78 is 0. The van der Waals surface area contributed by atoms with Gasteiger partial charge < -0.3 is 0 Å². The lowest BCUT2D eigenvalue weighted by molar-refractivity contribution is 0.178. The largest absolute Gasteiger partial charge is 0.299 e. The van der Waals surface area contributed by atoms with Crippen LogP contribution in [0.25, 0.3) is 0 Å². The zero-order chi connectivity index (χ0) is 12.3. The smallest absolute Gasteiger partial charge is 0.0374 e. The third-order valence-electron chi connectivity index (χ3n) is 5.18. The van der Waals surface area contributed by atoms with Crippen LogP contribution in [-0.2, 0) is 0 Å². The Labute approximate surface area is 112 Å². The highest BCUT2D eigenvalue weighted by atomic mass is 15.1. The van der Waals surface area contributed by atoms with Crippen LogP contribution in [0.4, 0.5) is 0 Å². The Bertz CT molecular complexity index is 312. The lowest BCUT2D eigenvalue weighted by atomic mass is 9.75. The number of rotatable bonds is 0. The van der Waals surface area contributed by atoms with Gasteiger partial charge in [0.05, 0.1) is 0 Å². The average Bonchev–Trinajstić information content (AvgIpc) is 2.51. The fraction of sp³-hybridized carbons (Fsp3) is 0.765. The second kappa shape index (κ2) is 5.21. The van der Waals surface area contributed by atoms with Crippen molar-refractivity contribution in [3.63, 3.8) is 0 Å². The number of hydrogen-bond acceptors (Lipinski definition) is 1. The minimum atomic E-state index is 0.312. The quantitative estimate of drug-likeness (QED) is 0.662. The van der Waals surface area contributed by atoms with Gasteiger partial charge in [0.15, 0.2) is 0 Å². The first-order chi connectivity index (χ1) is 8.83. The summed E-state index contributed by atoms with van der Waals surface area (Å²) in [6.45, 7) is 0. The van der Waals surface area contributed by atoms with Crippen LogP contribution >= 0.6 is 0 Å². The van der Waals surface area contributed by atoms with Crippen molar-refractivity contribution in [1.29, 1.82) is 0 Å². The molecule has 1 nitrogen and oxygen atoms in total. The molecular weight excluding hydrogens is 218 g/mol. The molecule has 18 heavy (non-hydrogen) atoms. The van der Waals surface area contributed by atoms with E-state index in [-0.39, 0.29) is 0 Å². The van der Waals surface area contributed by atoms with Gasteiger partial charge in [-0.05, 0) is 32.1 Å². The van der Waals surface area contributed by atoms with Crippen molar-refractivity contribution in [3.05, 3.63) is 24.3 Å². The molecule has 0 aromatic heterocycles. The fourth-order valence-electron chi connectivity index (χ4n) is 4.20. The van der Waals surface area contributed by atoms with Crippen LogP contribution in [0.5, 0.6) is 0 Å². The predicted molar refractivity (Wildman–Crippen MR) is 77.7 cm³/mol. The zero-order valence-electron chi connectivity index (χ0n) is 11.6. The van der Waals surface area contributed by atoms with Gasteiger partial charge >= 0.3 is 0 Å². The maximum atomic E-state index is 4.07. The minimum absolute atomic E-state index is 0.312. The number of nitrogens with one attached hydrogen (secondary N) is 1. The van der Waals surface area contributed by atoms with Crippen molar-refractivity contribution in [2.24, 2.45) is 0 Å². The van der Waals surface area contributed by atoms with Crippen molar-refractivity contribution < 1.29 is 0 Å². The molecule has 1 heteroatoms. The summed E-state index contributed by atoms with van der Waals surface area (Å²) in [5, 5.41) is 4.07. The molecule has 0 spiro atoms. The summed E-state index contributed by atoms with van der Waals surface area (Å²) in [4.78, 5) is 0. The molecule has 3 aliphatic rings. The molecule has 2 fully saturated rings. The lowest BCUT2D eigenvalue weighted by Crippen LogP contribution is -2.59. The van der Waals surface area contributed by atoms with E-state index in [2.05, 4.69) is 29.6 Å². The van der Waals surface area contributed by atoms with Gasteiger partial charge in [0, 0.05) is 11.1 Å². The number of hydrogen-bond donors (Lipinski definition) is 1. The molecule has 1 N–H and O–H groups in total. The highest BCUT2D eigenvalue weighted by Crippen LogP contribution is 2.39. The van der Waals surface area contributed by atoms with Crippen LogP contribution in [0.2, 0.25) is 0 Å². The minimum Gasteiger partial charge on any atom is -0.299 e. The van der Waals surface area contributed by atoms with E-state index in [9.17, 15) is 0 Å². The highest BCUT2D eigenvalue weighted by molar-refractivity contribution is 5.26. The molecule has 0 aromatic carbocycles. The molecule has 0 aromatic rings. The maximum absolute atomic E-state index is 4.07. The zero-order valence-corrected chi connectivity index (χ0v) is 11.6. The number of allylic oxidation sites excluding steroid dienone is 2. The standard InChI is InChI=1S/C17H27N/c1-2-4-6-11-17-13-8-7-12-16(18-17,10-5-3-1)14-9-15-17/h7-8,12-13,18H,1-6,9-11,14-15H2. The summed E-state index contributed by atoms with van der Waals surface area (Å²) in [6.07, 6.45) is 24.8. The van der Waals surface area contributed by atoms with Gasteiger partial charge in [0.25, 0.3) is 0 Å². The molecule has 3 heterocycles. The predicted octanol–water partition coefficient (Wildman–Crippen LogP) is 4.50. The van der Waals surface area contributed by atoms with Crippen LogP contribution in [0.3, 0.4) is 0 Å². The third-order valence-corrected chi connectivity index (χ3v) is 5.18. The van der Waals surface area contributed by atoms with Gasteiger partial charge in [-0.2, -0.15) is 0 Å². The van der Waals surface area contributed by atoms with Gasteiger partial charge in [0.2, 0.25) is 0 Å². The van der Waals surface area contributed by atoms with Gasteiger partial charge in [-0.15, -0.1) is 0 Å². The molecule has 2 atom stereocenters. The van der Waals surface area contributed by atoms with Crippen LogP contribution in [0.1, 0.15) is 70.6 Å². The monoisotopic (exact) mass is 245 g/mol. The van der Waals surface area contributed by atoms with Crippen molar-refractivity contribution >= 4 is 0 Å². The Kier molecular flexibility index (Phi) is 3.61. The Morgan fingerprint density at radius 2 is 1.00 bits per heavy atom. The molecule has 100 valence electrons. The second-order valence-corrected chi connectivity index (χ2v) is 6.63. The molecule has 0 aliphatic carbocycles. The van der Waals surface area contributed by atoms with E-state index in [1.54, 1.807) is 0 Å². The van der Waals surface area contributed by atoms with Gasteiger partial charge in [-0.3, -0.25) is 5.32 Å². The molecule has 3 aliphatic heterocycles. The molecule has 0 saturated carbocycles. The van der Waals surface area contributed by atoms with Crippen LogP contribution in [-0.4, -0.2) is 11.1 Å². The van der Waals surface area contributed by atoms with E-state index in [1.165, 1.54) is 70.6 Å². The first-order valence-corrected chi connectivity index (χ1v) is 7.99. The Balaban J connectivity index is 1.86. The van der Waals surface area contributed by atoms with E-state index in [1.807, 2.05) is 0 Å². The van der Waals surface area contributed by atoms with E-state index in [0.29, 0.717) is 11.1 Å². The summed E-state index contributed by atoms with van der Waals surface area (Å²) in [5.74, 6) is 0. The van der Waals surface area contributed by atoms with E-state index in [4.69, 9.17) is 0 Å². The Morgan fingerprint density at radius 3 is 1.56 bits per heavy atom. The summed E-state index contributed by atoms with van der Waals surface area (Å²) in [6, 6.07) is 0. The van der Waals surface area contributed by atoms with Crippen molar-refractivity contribution in [2.75, 3.05) is 0 Å². The summed E-state index contributed by atoms with van der Waals surface area (Å²) in [7, 11) is 0. The molecule has 0 radical (unpaired) electrons. The van der Waals surface area contributed by atoms with E-state index >= 15 is 0 Å². The number of piperidine rings is 1. The Morgan fingerprint density at radius 1 is 0.556 bits per heavy atom. The SMILES string of the molecule is C1=CC23CCCCCCCCC(C=C1)(CCC2)N3. The van der Waals surface area contributed by atoms with E-state index < -0.39 is 0 Å². The molecule has 0 amide bonds. The first-order valence-electron chi connectivity index (χ1n) is 7.99. The fourth-order valence-corrected chi connectivity index (χ4v) is 4.20. The molecule has 3 rings (SSSR count). The average molecular weight is 245 g/mol. The van der Waals surface area contributed by atoms with Crippen molar-refractivity contribution in [1.82, 2.24) is 5.32 Å². The highest BCUT2D eigenvalue weighted by Gasteiger charge is 2.41. The van der Waals surface area contributed by atoms with Gasteiger partial charge in [-0.25, -0.2) is 0 Å². The molecule has 2 bridgehead atoms. The molecular formula is C17H27N. The Hall–Kier alpha value is -0.560. The van der Waals surface area contributed by atoms with Crippen molar-refractivity contribution in [2.45, 2.75) is 81.7 Å². The normalized spacial score (nSPS) is 40.9. The lowest BCUT2D eigenvalue weighted by Gasteiger charge is -2.47. The van der Waals surface area contributed by atoms with Gasteiger partial charge in [0.1, 0.15) is 0 Å². The molecule has 2 unspecified atom stereocenters. The third kappa shape index (κ3) is 2.56. The van der Waals surface area contributed by atoms with Crippen LogP contribution in [0, 0.1) is 0 Å². The van der Waals surface area contributed by atoms with Crippen LogP contribution < -0.4 is 5.32 Å². The summed E-state index contributed by atoms with van der Waals surface area (Å²) in [5.41, 5.74) is 0.623. The van der Waals surface area contributed by atoms with E-state index in [0.717, 1.165) is 0 Å². The maximum Gasteiger partial charge on any atom is 0.0374 e. The van der Waals surface area contributed by atoms with Crippen molar-refractivity contribution in [3.8, 4) is 0 Å². The molecule has 2 saturated heterocycles. The van der Waals surface area contributed by atoms with Gasteiger partial charge in [-0.1, -0.05) is 62.8 Å². The topological polar surface area (TPSA) is 12.0 Å².